The van der Waals surface area contributed by atoms with Crippen molar-refractivity contribution in [2.45, 2.75) is 33.2 Å². The maximum Gasteiger partial charge on any atom is 0.119 e. The summed E-state index contributed by atoms with van der Waals surface area (Å²) in [5.74, 6) is 0.935. The lowest BCUT2D eigenvalue weighted by Crippen LogP contribution is -2.07. The summed E-state index contributed by atoms with van der Waals surface area (Å²) in [7, 11) is 0. The van der Waals surface area contributed by atoms with E-state index >= 15 is 0 Å². The van der Waals surface area contributed by atoms with Gasteiger partial charge in [0.05, 0.1) is 6.61 Å². The summed E-state index contributed by atoms with van der Waals surface area (Å²) in [5.41, 5.74) is 3.59. The Morgan fingerprint density at radius 3 is 2.52 bits per heavy atom. The molecule has 0 saturated heterocycles. The minimum absolute atomic E-state index is 0.239. The highest BCUT2D eigenvalue weighted by Crippen LogP contribution is 2.29. The molecule has 0 aromatic heterocycles. The van der Waals surface area contributed by atoms with Crippen LogP contribution in [0, 0.1) is 6.92 Å². The summed E-state index contributed by atoms with van der Waals surface area (Å²) >= 11 is 3.64. The van der Waals surface area contributed by atoms with Gasteiger partial charge in [-0.25, -0.2) is 0 Å². The molecule has 21 heavy (non-hydrogen) atoms. The molecular weight excluding hydrogens is 326 g/mol. The van der Waals surface area contributed by atoms with Gasteiger partial charge in [-0.2, -0.15) is 0 Å². The maximum atomic E-state index is 5.62. The smallest absolute Gasteiger partial charge is 0.119 e. The number of nitrogens with one attached hydrogen (secondary N) is 1. The molecule has 0 radical (unpaired) electrons. The lowest BCUT2D eigenvalue weighted by atomic mass is 10.1. The maximum absolute atomic E-state index is 5.62. The SMILES string of the molecule is CCCOc1ccc(C(C)Nc2cccc(C)c2Br)cc1. The second-order valence-electron chi connectivity index (χ2n) is 5.22. The van der Waals surface area contributed by atoms with Crippen LogP contribution in [0.5, 0.6) is 5.75 Å². The van der Waals surface area contributed by atoms with Gasteiger partial charge in [0.25, 0.3) is 0 Å². The van der Waals surface area contributed by atoms with E-state index in [4.69, 9.17) is 4.74 Å². The van der Waals surface area contributed by atoms with E-state index in [-0.39, 0.29) is 6.04 Å². The van der Waals surface area contributed by atoms with Gasteiger partial charge in [0.15, 0.2) is 0 Å². The van der Waals surface area contributed by atoms with Crippen molar-refractivity contribution < 1.29 is 4.74 Å². The molecule has 2 rings (SSSR count). The van der Waals surface area contributed by atoms with E-state index in [0.29, 0.717) is 0 Å². The minimum Gasteiger partial charge on any atom is -0.494 e. The Hall–Kier alpha value is -1.48. The molecule has 1 atom stereocenters. The third-order valence-electron chi connectivity index (χ3n) is 3.42. The average Bonchev–Trinajstić information content (AvgIpc) is 2.50. The Balaban J connectivity index is 2.06. The third-order valence-corrected chi connectivity index (χ3v) is 4.47. The molecule has 0 saturated carbocycles. The molecule has 2 aromatic rings. The molecule has 2 nitrogen and oxygen atoms in total. The number of rotatable bonds is 6. The highest BCUT2D eigenvalue weighted by atomic mass is 79.9. The van der Waals surface area contributed by atoms with E-state index in [1.54, 1.807) is 0 Å². The fourth-order valence-corrected chi connectivity index (χ4v) is 2.53. The molecule has 0 aliphatic heterocycles. The van der Waals surface area contributed by atoms with Crippen LogP contribution in [-0.4, -0.2) is 6.61 Å². The van der Waals surface area contributed by atoms with Crippen LogP contribution in [0.2, 0.25) is 0 Å². The predicted molar refractivity (Wildman–Crippen MR) is 93.1 cm³/mol. The monoisotopic (exact) mass is 347 g/mol. The van der Waals surface area contributed by atoms with Gasteiger partial charge in [0.2, 0.25) is 0 Å². The van der Waals surface area contributed by atoms with Crippen molar-refractivity contribution in [3.8, 4) is 5.75 Å². The first-order valence-electron chi connectivity index (χ1n) is 7.36. The molecule has 1 unspecified atom stereocenters. The number of anilines is 1. The number of ether oxygens (including phenoxy) is 1. The standard InChI is InChI=1S/C18H22BrNO/c1-4-12-21-16-10-8-15(9-11-16)14(3)20-17-7-5-6-13(2)18(17)19/h5-11,14,20H,4,12H2,1-3H3. The number of benzene rings is 2. The number of halogens is 1. The van der Waals surface area contributed by atoms with E-state index in [1.165, 1.54) is 11.1 Å². The van der Waals surface area contributed by atoms with Crippen LogP contribution in [0.15, 0.2) is 46.9 Å². The second kappa shape index (κ2) is 7.51. The van der Waals surface area contributed by atoms with Gasteiger partial charge in [-0.3, -0.25) is 0 Å². The Morgan fingerprint density at radius 2 is 1.86 bits per heavy atom. The summed E-state index contributed by atoms with van der Waals surface area (Å²) in [6.45, 7) is 7.14. The fourth-order valence-electron chi connectivity index (χ4n) is 2.15. The van der Waals surface area contributed by atoms with Crippen molar-refractivity contribution in [3.05, 3.63) is 58.1 Å². The summed E-state index contributed by atoms with van der Waals surface area (Å²) in [5, 5.41) is 3.54. The number of aryl methyl sites for hydroxylation is 1. The molecule has 0 spiro atoms. The van der Waals surface area contributed by atoms with Gasteiger partial charge in [-0.05, 0) is 65.5 Å². The molecule has 2 aromatic carbocycles. The van der Waals surface area contributed by atoms with E-state index < -0.39 is 0 Å². The predicted octanol–water partition coefficient (Wildman–Crippen LogP) is 5.72. The first-order chi connectivity index (χ1) is 10.1. The zero-order valence-electron chi connectivity index (χ0n) is 12.8. The van der Waals surface area contributed by atoms with Crippen molar-refractivity contribution >= 4 is 21.6 Å². The molecule has 112 valence electrons. The average molecular weight is 348 g/mol. The minimum atomic E-state index is 0.239. The highest BCUT2D eigenvalue weighted by molar-refractivity contribution is 9.10. The van der Waals surface area contributed by atoms with E-state index in [2.05, 4.69) is 72.3 Å². The van der Waals surface area contributed by atoms with E-state index in [1.807, 2.05) is 12.1 Å². The Morgan fingerprint density at radius 1 is 1.14 bits per heavy atom. The molecule has 0 heterocycles. The van der Waals surface area contributed by atoms with Gasteiger partial charge in [-0.1, -0.05) is 31.2 Å². The fraction of sp³-hybridized carbons (Fsp3) is 0.333. The van der Waals surface area contributed by atoms with Crippen molar-refractivity contribution in [2.75, 3.05) is 11.9 Å². The van der Waals surface area contributed by atoms with Crippen molar-refractivity contribution in [2.24, 2.45) is 0 Å². The normalized spacial score (nSPS) is 12.0. The first-order valence-corrected chi connectivity index (χ1v) is 8.15. The molecule has 0 fully saturated rings. The highest BCUT2D eigenvalue weighted by Gasteiger charge is 2.08. The van der Waals surface area contributed by atoms with Crippen LogP contribution in [0.25, 0.3) is 0 Å². The van der Waals surface area contributed by atoms with Crippen molar-refractivity contribution in [1.29, 1.82) is 0 Å². The van der Waals surface area contributed by atoms with Crippen LogP contribution in [0.1, 0.15) is 37.4 Å². The van der Waals surface area contributed by atoms with Crippen LogP contribution >= 0.6 is 15.9 Å². The Bertz CT molecular complexity index is 580. The molecule has 3 heteroatoms. The van der Waals surface area contributed by atoms with Crippen molar-refractivity contribution in [3.63, 3.8) is 0 Å². The molecule has 0 aliphatic carbocycles. The van der Waals surface area contributed by atoms with Gasteiger partial charge in [-0.15, -0.1) is 0 Å². The van der Waals surface area contributed by atoms with Crippen LogP contribution in [0.3, 0.4) is 0 Å². The second-order valence-corrected chi connectivity index (χ2v) is 6.01. The summed E-state index contributed by atoms with van der Waals surface area (Å²) in [6, 6.07) is 14.8. The third kappa shape index (κ3) is 4.24. The van der Waals surface area contributed by atoms with E-state index in [9.17, 15) is 0 Å². The lowest BCUT2D eigenvalue weighted by Gasteiger charge is -2.18. The number of hydrogen-bond donors (Lipinski definition) is 1. The molecular formula is C18H22BrNO. The van der Waals surface area contributed by atoms with Crippen LogP contribution in [0.4, 0.5) is 5.69 Å². The molecule has 0 amide bonds. The van der Waals surface area contributed by atoms with Gasteiger partial charge < -0.3 is 10.1 Å². The zero-order valence-corrected chi connectivity index (χ0v) is 14.4. The topological polar surface area (TPSA) is 21.3 Å². The van der Waals surface area contributed by atoms with Gasteiger partial charge >= 0.3 is 0 Å². The summed E-state index contributed by atoms with van der Waals surface area (Å²) < 4.78 is 6.74. The van der Waals surface area contributed by atoms with Crippen LogP contribution < -0.4 is 10.1 Å². The number of hydrogen-bond acceptors (Lipinski definition) is 2. The zero-order chi connectivity index (χ0) is 15.2. The molecule has 0 aliphatic rings. The quantitative estimate of drug-likeness (QED) is 0.721. The van der Waals surface area contributed by atoms with E-state index in [0.717, 1.165) is 28.9 Å². The summed E-state index contributed by atoms with van der Waals surface area (Å²) in [6.07, 6.45) is 1.03. The first kappa shape index (κ1) is 15.9. The van der Waals surface area contributed by atoms with Crippen molar-refractivity contribution in [1.82, 2.24) is 0 Å². The largest absolute Gasteiger partial charge is 0.494 e. The van der Waals surface area contributed by atoms with Gasteiger partial charge in [0, 0.05) is 16.2 Å². The Labute approximate surface area is 135 Å². The van der Waals surface area contributed by atoms with Crippen LogP contribution in [-0.2, 0) is 0 Å². The summed E-state index contributed by atoms with van der Waals surface area (Å²) in [4.78, 5) is 0. The molecule has 1 N–H and O–H groups in total. The molecule has 0 bridgehead atoms. The Kier molecular flexibility index (Phi) is 5.68. The van der Waals surface area contributed by atoms with Gasteiger partial charge in [0.1, 0.15) is 5.75 Å². The lowest BCUT2D eigenvalue weighted by molar-refractivity contribution is 0.317.